The lowest BCUT2D eigenvalue weighted by atomic mass is 10.3. The molecule has 0 unspecified atom stereocenters. The fraction of sp³-hybridized carbons (Fsp3) is 0.667. The third-order valence-corrected chi connectivity index (χ3v) is 3.07. The molecule has 0 amide bonds. The van der Waals surface area contributed by atoms with Crippen LogP contribution in [0.3, 0.4) is 0 Å². The maximum Gasteiger partial charge on any atom is 0.323 e. The van der Waals surface area contributed by atoms with E-state index in [1.54, 1.807) is 4.90 Å². The minimum Gasteiger partial charge on any atom is -0.480 e. The van der Waals surface area contributed by atoms with Crippen LogP contribution in [0.25, 0.3) is 0 Å². The van der Waals surface area contributed by atoms with Crippen molar-refractivity contribution < 1.29 is 19.8 Å². The van der Waals surface area contributed by atoms with E-state index in [-0.39, 0.29) is 12.3 Å². The normalized spacial score (nSPS) is 16.9. The van der Waals surface area contributed by atoms with Crippen LogP contribution in [0.2, 0.25) is 0 Å². The zero-order valence-corrected chi connectivity index (χ0v) is 10.5. The van der Waals surface area contributed by atoms with E-state index in [2.05, 4.69) is 9.71 Å². The SMILES string of the molecule is N[C@H](CSNC1=NCCCN1CC(=O)O)C(=O)O. The number of nitrogens with one attached hydrogen (secondary N) is 1. The molecule has 5 N–H and O–H groups in total. The van der Waals surface area contributed by atoms with Crippen LogP contribution in [0.4, 0.5) is 0 Å². The topological polar surface area (TPSA) is 128 Å². The van der Waals surface area contributed by atoms with Crippen molar-refractivity contribution >= 4 is 29.8 Å². The summed E-state index contributed by atoms with van der Waals surface area (Å²) in [5.74, 6) is -1.36. The summed E-state index contributed by atoms with van der Waals surface area (Å²) in [6.45, 7) is 1.12. The van der Waals surface area contributed by atoms with Gasteiger partial charge in [-0.15, -0.1) is 0 Å². The Labute approximate surface area is 108 Å². The van der Waals surface area contributed by atoms with Gasteiger partial charge in [0, 0.05) is 18.8 Å². The average molecular weight is 276 g/mol. The van der Waals surface area contributed by atoms with Crippen molar-refractivity contribution in [2.45, 2.75) is 12.5 Å². The zero-order chi connectivity index (χ0) is 13.5. The molecule has 0 aliphatic carbocycles. The van der Waals surface area contributed by atoms with Crippen LogP contribution >= 0.6 is 11.9 Å². The van der Waals surface area contributed by atoms with Crippen molar-refractivity contribution in [1.29, 1.82) is 0 Å². The number of hydrogen-bond donors (Lipinski definition) is 4. The molecule has 9 heteroatoms. The summed E-state index contributed by atoms with van der Waals surface area (Å²) in [6.07, 6.45) is 0.803. The van der Waals surface area contributed by atoms with E-state index in [0.717, 1.165) is 18.4 Å². The molecular weight excluding hydrogens is 260 g/mol. The third-order valence-electron chi connectivity index (χ3n) is 2.22. The van der Waals surface area contributed by atoms with Gasteiger partial charge in [0.25, 0.3) is 0 Å². The fourth-order valence-electron chi connectivity index (χ4n) is 1.33. The van der Waals surface area contributed by atoms with E-state index in [9.17, 15) is 9.59 Å². The highest BCUT2D eigenvalue weighted by Gasteiger charge is 2.18. The summed E-state index contributed by atoms with van der Waals surface area (Å²) in [6, 6.07) is -0.959. The molecule has 0 radical (unpaired) electrons. The van der Waals surface area contributed by atoms with Crippen LogP contribution < -0.4 is 10.5 Å². The molecule has 1 aliphatic heterocycles. The van der Waals surface area contributed by atoms with E-state index in [0.29, 0.717) is 19.0 Å². The van der Waals surface area contributed by atoms with Crippen LogP contribution in [0.15, 0.2) is 4.99 Å². The van der Waals surface area contributed by atoms with Crippen molar-refractivity contribution in [3.63, 3.8) is 0 Å². The van der Waals surface area contributed by atoms with Gasteiger partial charge >= 0.3 is 11.9 Å². The molecule has 0 bridgehead atoms. The number of aliphatic imine (C=N–C) groups is 1. The number of rotatable bonds is 6. The van der Waals surface area contributed by atoms with Gasteiger partial charge in [-0.25, -0.2) is 0 Å². The number of hydrogen-bond acceptors (Lipinski definition) is 7. The summed E-state index contributed by atoms with van der Waals surface area (Å²) in [5.41, 5.74) is 5.34. The molecular formula is C9H16N4O4S. The second-order valence-electron chi connectivity index (χ2n) is 3.73. The summed E-state index contributed by atoms with van der Waals surface area (Å²) < 4.78 is 2.85. The molecule has 18 heavy (non-hydrogen) atoms. The van der Waals surface area contributed by atoms with Gasteiger partial charge in [-0.3, -0.25) is 14.6 Å². The molecule has 1 heterocycles. The standard InChI is InChI=1S/C9H16N4O4S/c10-6(8(16)17)5-18-12-9-11-2-1-3-13(9)4-7(14)15/h6H,1-5,10H2,(H,11,12)(H,14,15)(H,16,17)/t6-/m1/s1. The lowest BCUT2D eigenvalue weighted by Gasteiger charge is -2.27. The average Bonchev–Trinajstić information content (AvgIpc) is 2.30. The van der Waals surface area contributed by atoms with Gasteiger partial charge < -0.3 is 25.6 Å². The first-order valence-corrected chi connectivity index (χ1v) is 6.36. The van der Waals surface area contributed by atoms with Crippen LogP contribution in [0.1, 0.15) is 6.42 Å². The molecule has 0 spiro atoms. The Kier molecular flexibility index (Phi) is 5.72. The quantitative estimate of drug-likeness (QED) is 0.444. The summed E-state index contributed by atoms with van der Waals surface area (Å²) in [5, 5.41) is 17.3. The van der Waals surface area contributed by atoms with Crippen molar-refractivity contribution in [2.24, 2.45) is 10.7 Å². The van der Waals surface area contributed by atoms with E-state index in [1.807, 2.05) is 0 Å². The maximum absolute atomic E-state index is 10.7. The Balaban J connectivity index is 2.40. The lowest BCUT2D eigenvalue weighted by molar-refractivity contribution is -0.138. The molecule has 0 saturated carbocycles. The molecule has 102 valence electrons. The molecule has 0 aromatic carbocycles. The third kappa shape index (κ3) is 4.80. The second-order valence-corrected chi connectivity index (χ2v) is 4.56. The Morgan fingerprint density at radius 3 is 2.89 bits per heavy atom. The second kappa shape index (κ2) is 7.07. The van der Waals surface area contributed by atoms with Crippen molar-refractivity contribution in [2.75, 3.05) is 25.4 Å². The number of nitrogens with two attached hydrogens (primary N) is 1. The predicted octanol–water partition coefficient (Wildman–Crippen LogP) is -1.22. The minimum atomic E-state index is -1.07. The Bertz CT molecular complexity index is 349. The van der Waals surface area contributed by atoms with Crippen LogP contribution in [0.5, 0.6) is 0 Å². The summed E-state index contributed by atoms with van der Waals surface area (Å²) in [4.78, 5) is 26.9. The number of carboxylic acid groups (broad SMARTS) is 2. The summed E-state index contributed by atoms with van der Waals surface area (Å²) in [7, 11) is 0. The van der Waals surface area contributed by atoms with Crippen molar-refractivity contribution in [3.05, 3.63) is 0 Å². The monoisotopic (exact) mass is 276 g/mol. The van der Waals surface area contributed by atoms with Gasteiger partial charge in [0.05, 0.1) is 0 Å². The van der Waals surface area contributed by atoms with E-state index in [1.165, 1.54) is 0 Å². The Morgan fingerprint density at radius 1 is 1.56 bits per heavy atom. The van der Waals surface area contributed by atoms with E-state index >= 15 is 0 Å². The largest absolute Gasteiger partial charge is 0.480 e. The van der Waals surface area contributed by atoms with Gasteiger partial charge in [-0.1, -0.05) is 0 Å². The van der Waals surface area contributed by atoms with Crippen LogP contribution in [0, 0.1) is 0 Å². The number of carbonyl (C=O) groups is 2. The fourth-order valence-corrected chi connectivity index (χ4v) is 2.06. The minimum absolute atomic E-state index is 0.128. The highest BCUT2D eigenvalue weighted by molar-refractivity contribution is 7.98. The highest BCUT2D eigenvalue weighted by Crippen LogP contribution is 2.05. The Hall–Kier alpha value is -1.48. The molecule has 0 fully saturated rings. The van der Waals surface area contributed by atoms with Crippen LogP contribution in [-0.2, 0) is 9.59 Å². The molecule has 1 rings (SSSR count). The van der Waals surface area contributed by atoms with Gasteiger partial charge in [-0.05, 0) is 18.4 Å². The number of guanidine groups is 1. The zero-order valence-electron chi connectivity index (χ0n) is 9.70. The molecule has 0 aromatic rings. The van der Waals surface area contributed by atoms with Crippen LogP contribution in [-0.4, -0.2) is 64.4 Å². The Morgan fingerprint density at radius 2 is 2.28 bits per heavy atom. The van der Waals surface area contributed by atoms with Crippen molar-refractivity contribution in [1.82, 2.24) is 9.62 Å². The van der Waals surface area contributed by atoms with E-state index < -0.39 is 18.0 Å². The summed E-state index contributed by atoms with van der Waals surface area (Å²) >= 11 is 1.11. The van der Waals surface area contributed by atoms with E-state index in [4.69, 9.17) is 15.9 Å². The first-order chi connectivity index (χ1) is 8.50. The molecule has 1 atom stereocenters. The molecule has 0 aromatic heterocycles. The first kappa shape index (κ1) is 14.6. The number of carboxylic acids is 2. The van der Waals surface area contributed by atoms with Gasteiger partial charge in [0.1, 0.15) is 12.6 Å². The lowest BCUT2D eigenvalue weighted by Crippen LogP contribution is -2.45. The van der Waals surface area contributed by atoms with Crippen molar-refractivity contribution in [3.8, 4) is 0 Å². The smallest absolute Gasteiger partial charge is 0.323 e. The highest BCUT2D eigenvalue weighted by atomic mass is 32.2. The number of aliphatic carboxylic acids is 2. The maximum atomic E-state index is 10.7. The molecule has 8 nitrogen and oxygen atoms in total. The van der Waals surface area contributed by atoms with Gasteiger partial charge in [0.2, 0.25) is 5.96 Å². The van der Waals surface area contributed by atoms with Gasteiger partial charge in [0.15, 0.2) is 0 Å². The molecule has 1 aliphatic rings. The molecule has 0 saturated heterocycles. The number of nitrogens with zero attached hydrogens (tertiary/aromatic N) is 2. The van der Waals surface area contributed by atoms with Gasteiger partial charge in [-0.2, -0.15) is 0 Å². The predicted molar refractivity (Wildman–Crippen MR) is 67.3 cm³/mol. The first-order valence-electron chi connectivity index (χ1n) is 5.38.